The van der Waals surface area contributed by atoms with E-state index in [1.807, 2.05) is 18.7 Å². The van der Waals surface area contributed by atoms with Crippen molar-refractivity contribution in [2.45, 2.75) is 19.1 Å². The molecule has 2 N–H and O–H groups in total. The molecule has 4 nitrogen and oxygen atoms in total. The van der Waals surface area contributed by atoms with Gasteiger partial charge in [0.2, 0.25) is 11.8 Å². The Morgan fingerprint density at radius 2 is 2.36 bits per heavy atom. The van der Waals surface area contributed by atoms with Gasteiger partial charge in [-0.1, -0.05) is 0 Å². The zero-order chi connectivity index (χ0) is 9.97. The van der Waals surface area contributed by atoms with Gasteiger partial charge in [0.25, 0.3) is 0 Å². The van der Waals surface area contributed by atoms with Crippen molar-refractivity contribution in [3.63, 3.8) is 0 Å². The van der Waals surface area contributed by atoms with Crippen molar-refractivity contribution in [3.05, 3.63) is 11.3 Å². The first-order valence-corrected chi connectivity index (χ1v) is 5.82. The average Bonchev–Trinajstić information content (AvgIpc) is 2.18. The number of aromatic nitrogens is 2. The van der Waals surface area contributed by atoms with Crippen molar-refractivity contribution < 1.29 is 4.74 Å². The molecule has 1 aliphatic rings. The summed E-state index contributed by atoms with van der Waals surface area (Å²) in [6, 6.07) is 0. The molecule has 0 aliphatic carbocycles. The smallest absolute Gasteiger partial charge is 0.223 e. The van der Waals surface area contributed by atoms with Gasteiger partial charge < -0.3 is 10.5 Å². The highest BCUT2D eigenvalue weighted by Crippen LogP contribution is 2.30. The minimum atomic E-state index is 0.319. The van der Waals surface area contributed by atoms with Crippen molar-refractivity contribution in [2.24, 2.45) is 0 Å². The maximum Gasteiger partial charge on any atom is 0.223 e. The molecule has 0 amide bonds. The largest absolute Gasteiger partial charge is 0.478 e. The van der Waals surface area contributed by atoms with E-state index in [1.54, 1.807) is 0 Å². The van der Waals surface area contributed by atoms with Gasteiger partial charge in [-0.05, 0) is 19.1 Å². The lowest BCUT2D eigenvalue weighted by Gasteiger charge is -2.17. The number of rotatable bonds is 2. The fraction of sp³-hybridized carbons (Fsp3) is 0.556. The van der Waals surface area contributed by atoms with E-state index in [-0.39, 0.29) is 0 Å². The van der Waals surface area contributed by atoms with E-state index in [4.69, 9.17) is 10.5 Å². The van der Waals surface area contributed by atoms with Crippen molar-refractivity contribution in [1.29, 1.82) is 0 Å². The van der Waals surface area contributed by atoms with Crippen molar-refractivity contribution in [2.75, 3.05) is 18.1 Å². The Morgan fingerprint density at radius 3 is 3.14 bits per heavy atom. The molecule has 0 unspecified atom stereocenters. The van der Waals surface area contributed by atoms with E-state index in [0.717, 1.165) is 29.2 Å². The van der Waals surface area contributed by atoms with Crippen LogP contribution in [-0.4, -0.2) is 22.3 Å². The first-order valence-electron chi connectivity index (χ1n) is 4.67. The monoisotopic (exact) mass is 211 g/mol. The van der Waals surface area contributed by atoms with E-state index < -0.39 is 0 Å². The summed E-state index contributed by atoms with van der Waals surface area (Å²) in [5, 5.41) is 0. The third-order valence-electron chi connectivity index (χ3n) is 2.08. The van der Waals surface area contributed by atoms with Gasteiger partial charge in [0, 0.05) is 11.3 Å². The summed E-state index contributed by atoms with van der Waals surface area (Å²) in [7, 11) is 0. The van der Waals surface area contributed by atoms with E-state index in [1.165, 1.54) is 0 Å². The molecule has 5 heteroatoms. The lowest BCUT2D eigenvalue weighted by molar-refractivity contribution is 0.323. The van der Waals surface area contributed by atoms with Crippen LogP contribution in [0.1, 0.15) is 18.2 Å². The fourth-order valence-corrected chi connectivity index (χ4v) is 2.45. The minimum absolute atomic E-state index is 0.319. The number of nitrogens with zero attached hydrogens (tertiary/aromatic N) is 2. The van der Waals surface area contributed by atoms with Gasteiger partial charge in [-0.25, -0.2) is 4.98 Å². The van der Waals surface area contributed by atoms with Crippen LogP contribution in [-0.2, 0) is 12.2 Å². The van der Waals surface area contributed by atoms with Crippen LogP contribution >= 0.6 is 11.8 Å². The van der Waals surface area contributed by atoms with Gasteiger partial charge in [0.15, 0.2) is 0 Å². The Morgan fingerprint density at radius 1 is 1.50 bits per heavy atom. The molecule has 0 aromatic carbocycles. The van der Waals surface area contributed by atoms with Gasteiger partial charge in [-0.3, -0.25) is 0 Å². The van der Waals surface area contributed by atoms with Crippen molar-refractivity contribution in [1.82, 2.24) is 9.97 Å². The second-order valence-corrected chi connectivity index (χ2v) is 4.15. The van der Waals surface area contributed by atoms with E-state index >= 15 is 0 Å². The van der Waals surface area contributed by atoms with E-state index in [9.17, 15) is 0 Å². The van der Waals surface area contributed by atoms with Crippen LogP contribution in [0.3, 0.4) is 0 Å². The number of ether oxygens (including phenoxy) is 1. The summed E-state index contributed by atoms with van der Waals surface area (Å²) in [5.41, 5.74) is 7.78. The molecular formula is C9H13N3OS. The third-order valence-corrected chi connectivity index (χ3v) is 3.07. The highest BCUT2D eigenvalue weighted by Gasteiger charge is 2.17. The first kappa shape index (κ1) is 9.58. The molecule has 14 heavy (non-hydrogen) atoms. The number of anilines is 1. The number of fused-ring (bicyclic) bond motifs is 1. The highest BCUT2D eigenvalue weighted by molar-refractivity contribution is 7.98. The molecule has 2 heterocycles. The molecule has 1 aromatic heterocycles. The molecule has 0 bridgehead atoms. The van der Waals surface area contributed by atoms with Gasteiger partial charge in [-0.15, -0.1) is 0 Å². The molecule has 0 spiro atoms. The molecule has 1 aromatic rings. The van der Waals surface area contributed by atoms with E-state index in [2.05, 4.69) is 9.97 Å². The van der Waals surface area contributed by atoms with Crippen LogP contribution < -0.4 is 10.5 Å². The Balaban J connectivity index is 2.41. The third kappa shape index (κ3) is 1.77. The molecule has 0 atom stereocenters. The van der Waals surface area contributed by atoms with Crippen LogP contribution in [0, 0.1) is 0 Å². The summed E-state index contributed by atoms with van der Waals surface area (Å²) >= 11 is 1.88. The normalized spacial score (nSPS) is 14.9. The van der Waals surface area contributed by atoms with Crippen LogP contribution in [0.15, 0.2) is 0 Å². The topological polar surface area (TPSA) is 61.0 Å². The molecule has 0 radical (unpaired) electrons. The summed E-state index contributed by atoms with van der Waals surface area (Å²) in [6.45, 7) is 2.56. The maximum atomic E-state index is 5.60. The molecule has 1 aliphatic heterocycles. The van der Waals surface area contributed by atoms with Crippen LogP contribution in [0.5, 0.6) is 5.88 Å². The standard InChI is InChI=1S/C9H13N3OS/c1-2-13-8-6-5-14-4-3-7(6)11-9(10)12-8/h2-5H2,1H3,(H2,10,11,12). The Kier molecular flexibility index (Phi) is 2.77. The predicted octanol–water partition coefficient (Wildman–Crippen LogP) is 1.25. The molecule has 0 saturated heterocycles. The Hall–Kier alpha value is -0.970. The zero-order valence-electron chi connectivity index (χ0n) is 8.12. The van der Waals surface area contributed by atoms with Gasteiger partial charge >= 0.3 is 0 Å². The molecule has 2 rings (SSSR count). The summed E-state index contributed by atoms with van der Waals surface area (Å²) in [5.74, 6) is 3.03. The van der Waals surface area contributed by atoms with Crippen LogP contribution in [0.2, 0.25) is 0 Å². The van der Waals surface area contributed by atoms with Crippen molar-refractivity contribution >= 4 is 17.7 Å². The summed E-state index contributed by atoms with van der Waals surface area (Å²) < 4.78 is 5.44. The van der Waals surface area contributed by atoms with Gasteiger partial charge in [0.05, 0.1) is 12.3 Å². The quantitative estimate of drug-likeness (QED) is 0.797. The van der Waals surface area contributed by atoms with Crippen LogP contribution in [0.25, 0.3) is 0 Å². The average molecular weight is 211 g/mol. The number of thioether (sulfide) groups is 1. The fourth-order valence-electron chi connectivity index (χ4n) is 1.48. The SMILES string of the molecule is CCOc1nc(N)nc2c1CSCC2. The van der Waals surface area contributed by atoms with Gasteiger partial charge in [0.1, 0.15) is 0 Å². The number of nitrogens with two attached hydrogens (primary N) is 1. The second kappa shape index (κ2) is 4.04. The van der Waals surface area contributed by atoms with Gasteiger partial charge in [-0.2, -0.15) is 16.7 Å². The lowest BCUT2D eigenvalue weighted by Crippen LogP contribution is -2.12. The highest BCUT2D eigenvalue weighted by atomic mass is 32.2. The summed E-state index contributed by atoms with van der Waals surface area (Å²) in [4.78, 5) is 8.34. The first-order chi connectivity index (χ1) is 6.81. The Labute approximate surface area is 87.3 Å². The zero-order valence-corrected chi connectivity index (χ0v) is 8.93. The molecule has 76 valence electrons. The van der Waals surface area contributed by atoms with Crippen molar-refractivity contribution in [3.8, 4) is 5.88 Å². The maximum absolute atomic E-state index is 5.60. The molecular weight excluding hydrogens is 198 g/mol. The lowest BCUT2D eigenvalue weighted by atomic mass is 10.2. The number of nitrogen functional groups attached to an aromatic ring is 1. The van der Waals surface area contributed by atoms with E-state index in [0.29, 0.717) is 18.4 Å². The predicted molar refractivity (Wildman–Crippen MR) is 57.5 cm³/mol. The molecule has 0 fully saturated rings. The molecule has 0 saturated carbocycles. The van der Waals surface area contributed by atoms with Crippen LogP contribution in [0.4, 0.5) is 5.95 Å². The number of hydrogen-bond acceptors (Lipinski definition) is 5. The number of aryl methyl sites for hydroxylation is 1. The minimum Gasteiger partial charge on any atom is -0.478 e. The summed E-state index contributed by atoms with van der Waals surface area (Å²) in [6.07, 6.45) is 0.965. The Bertz CT molecular complexity index is 343. The second-order valence-electron chi connectivity index (χ2n) is 3.05. The number of hydrogen-bond donors (Lipinski definition) is 1.